The number of hydrogen-bond acceptors (Lipinski definition) is 9. The van der Waals surface area contributed by atoms with Crippen LogP contribution in [0.2, 0.25) is 0 Å². The molecule has 0 radical (unpaired) electrons. The molecule has 4 aromatic rings. The van der Waals surface area contributed by atoms with Gasteiger partial charge in [-0.2, -0.15) is 9.97 Å². The molecule has 4 aliphatic heterocycles. The van der Waals surface area contributed by atoms with Crippen molar-refractivity contribution in [2.75, 3.05) is 43.4 Å². The van der Waals surface area contributed by atoms with Crippen LogP contribution < -0.4 is 15.4 Å². The predicted octanol–water partition coefficient (Wildman–Crippen LogP) is 4.46. The molecule has 8 rings (SSSR count). The highest BCUT2D eigenvalue weighted by Gasteiger charge is 2.45. The highest BCUT2D eigenvalue weighted by Crippen LogP contribution is 2.41. The third kappa shape index (κ3) is 4.26. The van der Waals surface area contributed by atoms with E-state index >= 15 is 4.39 Å². The molecule has 2 unspecified atom stereocenters. The molecule has 0 spiro atoms. The Morgan fingerprint density at radius 2 is 1.86 bits per heavy atom. The van der Waals surface area contributed by atoms with E-state index in [1.807, 2.05) is 0 Å². The first-order valence-electron chi connectivity index (χ1n) is 14.9. The predicted molar refractivity (Wildman–Crippen MR) is 159 cm³/mol. The Balaban J connectivity index is 1.28. The summed E-state index contributed by atoms with van der Waals surface area (Å²) in [4.78, 5) is 22.9. The average molecular weight is 584 g/mol. The smallest absolute Gasteiger partial charge is 0.319 e. The van der Waals surface area contributed by atoms with Gasteiger partial charge in [0, 0.05) is 30.2 Å². The van der Waals surface area contributed by atoms with Crippen molar-refractivity contribution >= 4 is 33.4 Å². The Morgan fingerprint density at radius 3 is 2.60 bits per heavy atom. The van der Waals surface area contributed by atoms with Crippen molar-refractivity contribution in [2.45, 2.75) is 56.3 Å². The van der Waals surface area contributed by atoms with Gasteiger partial charge in [0.05, 0.1) is 34.2 Å². The second-order valence-corrected chi connectivity index (χ2v) is 12.1. The van der Waals surface area contributed by atoms with Crippen LogP contribution in [0, 0.1) is 24.0 Å². The van der Waals surface area contributed by atoms with Crippen molar-refractivity contribution in [2.24, 2.45) is 0 Å². The van der Waals surface area contributed by atoms with Crippen LogP contribution in [-0.4, -0.2) is 75.4 Å². The quantitative estimate of drug-likeness (QED) is 0.341. The summed E-state index contributed by atoms with van der Waals surface area (Å²) in [7, 11) is 0. The molecule has 9 nitrogen and oxygen atoms in total. The number of rotatable bonds is 5. The summed E-state index contributed by atoms with van der Waals surface area (Å²) >= 11 is 0. The lowest BCUT2D eigenvalue weighted by atomic mass is 9.95. The van der Waals surface area contributed by atoms with E-state index in [0.29, 0.717) is 36.4 Å². The number of nitrogen functional groups attached to an aromatic ring is 1. The van der Waals surface area contributed by atoms with Crippen molar-refractivity contribution in [3.8, 4) is 29.6 Å². The van der Waals surface area contributed by atoms with Gasteiger partial charge in [0.25, 0.3) is 0 Å². The van der Waals surface area contributed by atoms with Gasteiger partial charge in [-0.1, -0.05) is 5.92 Å². The van der Waals surface area contributed by atoms with Gasteiger partial charge in [-0.25, -0.2) is 13.8 Å². The molecule has 0 amide bonds. The molecule has 3 aromatic heterocycles. The van der Waals surface area contributed by atoms with Gasteiger partial charge in [-0.3, -0.25) is 9.88 Å². The molecule has 2 atom stereocenters. The number of terminal acetylenes is 1. The maximum atomic E-state index is 16.7. The second kappa shape index (κ2) is 9.96. The summed E-state index contributed by atoms with van der Waals surface area (Å²) < 4.78 is 43.9. The molecule has 2 N–H and O–H groups in total. The first kappa shape index (κ1) is 26.5. The summed E-state index contributed by atoms with van der Waals surface area (Å²) in [5, 5.41) is 0.728. The van der Waals surface area contributed by atoms with E-state index in [2.05, 4.69) is 30.7 Å². The fourth-order valence-corrected chi connectivity index (χ4v) is 7.61. The van der Waals surface area contributed by atoms with Gasteiger partial charge in [0.1, 0.15) is 35.3 Å². The van der Waals surface area contributed by atoms with E-state index in [9.17, 15) is 4.39 Å². The van der Waals surface area contributed by atoms with Crippen LogP contribution in [0.4, 0.5) is 20.4 Å². The number of benzene rings is 1. The van der Waals surface area contributed by atoms with Crippen LogP contribution in [0.25, 0.3) is 33.1 Å². The molecule has 2 bridgehead atoms. The number of morpholine rings is 1. The van der Waals surface area contributed by atoms with Gasteiger partial charge in [-0.05, 0) is 69.8 Å². The molecule has 0 aliphatic carbocycles. The van der Waals surface area contributed by atoms with Gasteiger partial charge in [0.2, 0.25) is 0 Å². The van der Waals surface area contributed by atoms with Gasteiger partial charge in [0.15, 0.2) is 5.82 Å². The third-order valence-corrected chi connectivity index (χ3v) is 9.61. The van der Waals surface area contributed by atoms with E-state index in [4.69, 9.17) is 26.6 Å². The molecule has 1 aromatic carbocycles. The molecule has 4 saturated heterocycles. The minimum Gasteiger partial charge on any atom is -0.461 e. The van der Waals surface area contributed by atoms with Crippen molar-refractivity contribution < 1.29 is 18.3 Å². The number of aromatic nitrogens is 4. The molecule has 11 heteroatoms. The van der Waals surface area contributed by atoms with Gasteiger partial charge < -0.3 is 20.1 Å². The molecular formula is C32H31F2N7O2. The molecular weight excluding hydrogens is 552 g/mol. The SMILES string of the molecule is C#Cc1c(F)ccc2nc(N)cc(-c3ncc4c(N5CC6CCC(C5)O6)nc(OCC56CCCN5CCC6)nc4c3F)c12. The highest BCUT2D eigenvalue weighted by atomic mass is 19.1. The number of nitrogens with zero attached hydrogens (tertiary/aromatic N) is 6. The number of hydrogen-bond donors (Lipinski definition) is 1. The number of anilines is 2. The first-order chi connectivity index (χ1) is 20.9. The summed E-state index contributed by atoms with van der Waals surface area (Å²) in [6, 6.07) is 4.29. The number of fused-ring (bicyclic) bond motifs is 5. The summed E-state index contributed by atoms with van der Waals surface area (Å²) in [6.45, 7) is 3.86. The summed E-state index contributed by atoms with van der Waals surface area (Å²) in [5.74, 6) is 1.78. The number of halogens is 2. The van der Waals surface area contributed by atoms with E-state index in [0.717, 1.165) is 51.6 Å². The summed E-state index contributed by atoms with van der Waals surface area (Å²) in [5.41, 5.74) is 6.64. The van der Waals surface area contributed by atoms with Gasteiger partial charge in [-0.15, -0.1) is 6.42 Å². The van der Waals surface area contributed by atoms with Crippen molar-refractivity contribution in [3.63, 3.8) is 0 Å². The van der Waals surface area contributed by atoms with E-state index in [1.165, 1.54) is 18.2 Å². The maximum absolute atomic E-state index is 16.7. The molecule has 7 heterocycles. The Bertz CT molecular complexity index is 1800. The van der Waals surface area contributed by atoms with Gasteiger partial charge >= 0.3 is 6.01 Å². The van der Waals surface area contributed by atoms with Crippen LogP contribution in [0.3, 0.4) is 0 Å². The molecule has 4 aliphatic rings. The Morgan fingerprint density at radius 1 is 1.09 bits per heavy atom. The summed E-state index contributed by atoms with van der Waals surface area (Å²) in [6.07, 6.45) is 13.8. The normalized spacial score (nSPS) is 22.8. The lowest BCUT2D eigenvalue weighted by Crippen LogP contribution is -2.44. The van der Waals surface area contributed by atoms with Crippen LogP contribution in [0.15, 0.2) is 24.4 Å². The third-order valence-electron chi connectivity index (χ3n) is 9.61. The number of nitrogens with two attached hydrogens (primary N) is 1. The average Bonchev–Trinajstić information content (AvgIpc) is 3.69. The molecule has 0 saturated carbocycles. The second-order valence-electron chi connectivity index (χ2n) is 12.1. The van der Waals surface area contributed by atoms with Crippen LogP contribution in [0.5, 0.6) is 6.01 Å². The number of ether oxygens (including phenoxy) is 2. The number of pyridine rings is 2. The minimum atomic E-state index is -0.692. The zero-order chi connectivity index (χ0) is 29.3. The Labute approximate surface area is 247 Å². The topological polar surface area (TPSA) is 103 Å². The van der Waals surface area contributed by atoms with Crippen LogP contribution in [-0.2, 0) is 4.74 Å². The lowest BCUT2D eigenvalue weighted by Gasteiger charge is -2.34. The molecule has 220 valence electrons. The molecule has 4 fully saturated rings. The zero-order valence-corrected chi connectivity index (χ0v) is 23.7. The van der Waals surface area contributed by atoms with Crippen molar-refractivity contribution in [3.05, 3.63) is 41.6 Å². The standard InChI is InChI=1S/C32H31F2N7O2/c1-2-20-23(33)7-8-24-26(20)21(13-25(35)37-24)28-27(34)29-22(14-36-28)30(40-15-18-5-6-19(16-40)43-18)39-31(38-29)42-17-32-9-3-11-41(32)12-4-10-32/h1,7-8,13-14,18-19H,3-6,9-12,15-17H2,(H2,35,37). The van der Waals surface area contributed by atoms with E-state index < -0.39 is 11.6 Å². The fraction of sp³-hybridized carbons (Fsp3) is 0.438. The fourth-order valence-electron chi connectivity index (χ4n) is 7.61. The van der Waals surface area contributed by atoms with Crippen LogP contribution in [0.1, 0.15) is 44.1 Å². The highest BCUT2D eigenvalue weighted by molar-refractivity contribution is 6.01. The minimum absolute atomic E-state index is 0.0261. The van der Waals surface area contributed by atoms with Crippen molar-refractivity contribution in [1.82, 2.24) is 24.8 Å². The van der Waals surface area contributed by atoms with E-state index in [-0.39, 0.29) is 57.3 Å². The Hall–Kier alpha value is -4.14. The lowest BCUT2D eigenvalue weighted by molar-refractivity contribution is 0.0302. The largest absolute Gasteiger partial charge is 0.461 e. The zero-order valence-electron chi connectivity index (χ0n) is 23.7. The Kier molecular flexibility index (Phi) is 6.14. The maximum Gasteiger partial charge on any atom is 0.319 e. The van der Waals surface area contributed by atoms with E-state index in [1.54, 1.807) is 6.20 Å². The first-order valence-corrected chi connectivity index (χ1v) is 14.9. The monoisotopic (exact) mass is 583 g/mol. The molecule has 43 heavy (non-hydrogen) atoms. The van der Waals surface area contributed by atoms with Crippen molar-refractivity contribution in [1.29, 1.82) is 0 Å². The van der Waals surface area contributed by atoms with Crippen LogP contribution >= 0.6 is 0 Å².